The van der Waals surface area contributed by atoms with Gasteiger partial charge in [-0.3, -0.25) is 4.79 Å². The molecule has 2 rings (SSSR count). The van der Waals surface area contributed by atoms with Crippen LogP contribution in [0.2, 0.25) is 0 Å². The Labute approximate surface area is 80.3 Å². The lowest BCUT2D eigenvalue weighted by atomic mass is 10.2. The van der Waals surface area contributed by atoms with Crippen molar-refractivity contribution in [1.82, 2.24) is 4.98 Å². The largest absolute Gasteiger partial charge is 0.477 e. The van der Waals surface area contributed by atoms with E-state index in [2.05, 4.69) is 10.3 Å². The number of nitriles is 1. The summed E-state index contributed by atoms with van der Waals surface area (Å²) in [6.45, 7) is 1.65. The molecule has 1 aliphatic heterocycles. The Kier molecular flexibility index (Phi) is 1.82. The van der Waals surface area contributed by atoms with Crippen molar-refractivity contribution < 1.29 is 9.53 Å². The van der Waals surface area contributed by atoms with Crippen molar-refractivity contribution in [2.24, 2.45) is 0 Å². The normalized spacial score (nSPS) is 18.9. The van der Waals surface area contributed by atoms with Gasteiger partial charge in [0.05, 0.1) is 11.9 Å². The zero-order valence-electron chi connectivity index (χ0n) is 7.44. The van der Waals surface area contributed by atoms with Gasteiger partial charge in [0.1, 0.15) is 11.8 Å². The van der Waals surface area contributed by atoms with E-state index in [1.165, 1.54) is 12.3 Å². The SMILES string of the molecule is CC1Oc2cnc(C#N)cc2NC1=O. The Morgan fingerprint density at radius 1 is 1.71 bits per heavy atom. The Bertz CT molecular complexity index is 436. The highest BCUT2D eigenvalue weighted by atomic mass is 16.5. The van der Waals surface area contributed by atoms with Crippen LogP contribution in [0, 0.1) is 11.3 Å². The fourth-order valence-corrected chi connectivity index (χ4v) is 1.17. The van der Waals surface area contributed by atoms with Crippen molar-refractivity contribution in [3.05, 3.63) is 18.0 Å². The number of carbonyl (C=O) groups is 1. The quantitative estimate of drug-likeness (QED) is 0.650. The molecule has 0 saturated carbocycles. The standard InChI is InChI=1S/C9H7N3O2/c1-5-9(13)12-7-2-6(3-10)11-4-8(7)14-5/h2,4-5H,1H3,(H,12,13). The molecule has 1 aromatic rings. The molecule has 0 bridgehead atoms. The van der Waals surface area contributed by atoms with E-state index < -0.39 is 6.10 Å². The maximum Gasteiger partial charge on any atom is 0.265 e. The number of rotatable bonds is 0. The third kappa shape index (κ3) is 1.27. The molecule has 1 aliphatic rings. The fourth-order valence-electron chi connectivity index (χ4n) is 1.17. The van der Waals surface area contributed by atoms with Gasteiger partial charge in [0, 0.05) is 6.07 Å². The highest BCUT2D eigenvalue weighted by Gasteiger charge is 2.23. The number of hydrogen-bond donors (Lipinski definition) is 1. The van der Waals surface area contributed by atoms with E-state index in [0.29, 0.717) is 11.4 Å². The molecule has 0 fully saturated rings. The number of nitrogens with one attached hydrogen (secondary N) is 1. The molecule has 0 aliphatic carbocycles. The molecule has 70 valence electrons. The van der Waals surface area contributed by atoms with Gasteiger partial charge in [-0.2, -0.15) is 5.26 Å². The summed E-state index contributed by atoms with van der Waals surface area (Å²) in [4.78, 5) is 15.0. The molecular weight excluding hydrogens is 182 g/mol. The third-order valence-corrected chi connectivity index (χ3v) is 1.91. The van der Waals surface area contributed by atoms with Crippen LogP contribution in [0.3, 0.4) is 0 Å². The van der Waals surface area contributed by atoms with Gasteiger partial charge >= 0.3 is 0 Å². The van der Waals surface area contributed by atoms with Crippen molar-refractivity contribution in [2.75, 3.05) is 5.32 Å². The molecule has 1 amide bonds. The summed E-state index contributed by atoms with van der Waals surface area (Å²) in [6.07, 6.45) is 0.918. The maximum absolute atomic E-state index is 11.2. The van der Waals surface area contributed by atoms with E-state index in [1.807, 2.05) is 6.07 Å². The second kappa shape index (κ2) is 3.00. The summed E-state index contributed by atoms with van der Waals surface area (Å²) in [5.41, 5.74) is 0.752. The highest BCUT2D eigenvalue weighted by Crippen LogP contribution is 2.28. The van der Waals surface area contributed by atoms with Crippen LogP contribution in [0.4, 0.5) is 5.69 Å². The van der Waals surface area contributed by atoms with Gasteiger partial charge in [-0.05, 0) is 6.92 Å². The lowest BCUT2D eigenvalue weighted by molar-refractivity contribution is -0.122. The third-order valence-electron chi connectivity index (χ3n) is 1.91. The van der Waals surface area contributed by atoms with E-state index in [-0.39, 0.29) is 11.6 Å². The maximum atomic E-state index is 11.2. The number of pyridine rings is 1. The molecule has 14 heavy (non-hydrogen) atoms. The van der Waals surface area contributed by atoms with Crippen molar-refractivity contribution >= 4 is 11.6 Å². The van der Waals surface area contributed by atoms with Crippen LogP contribution in [-0.2, 0) is 4.79 Å². The summed E-state index contributed by atoms with van der Waals surface area (Å²) < 4.78 is 5.26. The van der Waals surface area contributed by atoms with Crippen LogP contribution in [0.15, 0.2) is 12.3 Å². The Hall–Kier alpha value is -2.09. The first-order valence-electron chi connectivity index (χ1n) is 4.08. The number of aromatic nitrogens is 1. The van der Waals surface area contributed by atoms with Crippen LogP contribution in [0.25, 0.3) is 0 Å². The molecule has 2 heterocycles. The average molecular weight is 189 g/mol. The summed E-state index contributed by atoms with van der Waals surface area (Å²) in [7, 11) is 0. The molecule has 1 atom stereocenters. The number of hydrogen-bond acceptors (Lipinski definition) is 4. The summed E-state index contributed by atoms with van der Waals surface area (Å²) in [5, 5.41) is 11.2. The van der Waals surface area contributed by atoms with Gasteiger partial charge in [-0.1, -0.05) is 0 Å². The molecule has 5 nitrogen and oxygen atoms in total. The van der Waals surface area contributed by atoms with E-state index >= 15 is 0 Å². The number of anilines is 1. The molecule has 5 heteroatoms. The first kappa shape index (κ1) is 8.51. The average Bonchev–Trinajstić information content (AvgIpc) is 2.19. The smallest absolute Gasteiger partial charge is 0.265 e. The van der Waals surface area contributed by atoms with Gasteiger partial charge in [0.2, 0.25) is 0 Å². The first-order valence-corrected chi connectivity index (χ1v) is 4.08. The number of ether oxygens (including phenoxy) is 1. The minimum Gasteiger partial charge on any atom is -0.477 e. The van der Waals surface area contributed by atoms with Crippen LogP contribution < -0.4 is 10.1 Å². The van der Waals surface area contributed by atoms with Crippen molar-refractivity contribution in [3.63, 3.8) is 0 Å². The Morgan fingerprint density at radius 3 is 3.21 bits per heavy atom. The predicted molar refractivity (Wildman–Crippen MR) is 47.7 cm³/mol. The van der Waals surface area contributed by atoms with Gasteiger partial charge in [-0.25, -0.2) is 4.98 Å². The van der Waals surface area contributed by atoms with Gasteiger partial charge in [0.25, 0.3) is 5.91 Å². The molecule has 1 unspecified atom stereocenters. The Balaban J connectivity index is 2.44. The van der Waals surface area contributed by atoms with Gasteiger partial charge in [-0.15, -0.1) is 0 Å². The van der Waals surface area contributed by atoms with E-state index in [4.69, 9.17) is 10.00 Å². The van der Waals surface area contributed by atoms with Crippen LogP contribution >= 0.6 is 0 Å². The molecule has 1 aromatic heterocycles. The number of amides is 1. The molecular formula is C9H7N3O2. The summed E-state index contributed by atoms with van der Waals surface area (Å²) in [6, 6.07) is 3.37. The van der Waals surface area contributed by atoms with Crippen LogP contribution in [0.5, 0.6) is 5.75 Å². The molecule has 1 N–H and O–H groups in total. The zero-order chi connectivity index (χ0) is 10.1. The highest BCUT2D eigenvalue weighted by molar-refractivity contribution is 5.97. The van der Waals surface area contributed by atoms with Gasteiger partial charge < -0.3 is 10.1 Å². The van der Waals surface area contributed by atoms with E-state index in [9.17, 15) is 4.79 Å². The zero-order valence-corrected chi connectivity index (χ0v) is 7.44. The Morgan fingerprint density at radius 2 is 2.50 bits per heavy atom. The molecule has 0 saturated heterocycles. The molecule has 0 radical (unpaired) electrons. The number of carbonyl (C=O) groups excluding carboxylic acids is 1. The van der Waals surface area contributed by atoms with Crippen molar-refractivity contribution in [3.8, 4) is 11.8 Å². The fraction of sp³-hybridized carbons (Fsp3) is 0.222. The van der Waals surface area contributed by atoms with E-state index in [0.717, 1.165) is 0 Å². The van der Waals surface area contributed by atoms with Crippen LogP contribution in [0.1, 0.15) is 12.6 Å². The second-order valence-electron chi connectivity index (χ2n) is 2.93. The lowest BCUT2D eigenvalue weighted by Gasteiger charge is -2.22. The van der Waals surface area contributed by atoms with Crippen LogP contribution in [-0.4, -0.2) is 17.0 Å². The first-order chi connectivity index (χ1) is 6.70. The monoisotopic (exact) mass is 189 g/mol. The second-order valence-corrected chi connectivity index (χ2v) is 2.93. The number of nitrogens with zero attached hydrogens (tertiary/aromatic N) is 2. The summed E-state index contributed by atoms with van der Waals surface area (Å²) in [5.74, 6) is 0.281. The van der Waals surface area contributed by atoms with Gasteiger partial charge in [0.15, 0.2) is 11.9 Å². The topological polar surface area (TPSA) is 75.0 Å². The lowest BCUT2D eigenvalue weighted by Crippen LogP contribution is -2.34. The van der Waals surface area contributed by atoms with Crippen molar-refractivity contribution in [1.29, 1.82) is 5.26 Å². The number of fused-ring (bicyclic) bond motifs is 1. The van der Waals surface area contributed by atoms with Crippen molar-refractivity contribution in [2.45, 2.75) is 13.0 Å². The summed E-state index contributed by atoms with van der Waals surface area (Å²) >= 11 is 0. The predicted octanol–water partition coefficient (Wildman–Crippen LogP) is 0.673. The molecule has 0 aromatic carbocycles. The molecule has 0 spiro atoms. The minimum atomic E-state index is -0.516. The minimum absolute atomic E-state index is 0.215. The van der Waals surface area contributed by atoms with E-state index in [1.54, 1.807) is 6.92 Å².